The highest BCUT2D eigenvalue weighted by Gasteiger charge is 2.08. The first-order valence-corrected chi connectivity index (χ1v) is 6.07. The Bertz CT molecular complexity index is 849. The average molecular weight is 269 g/mol. The van der Waals surface area contributed by atoms with Crippen LogP contribution in [0.2, 0.25) is 0 Å². The smallest absolute Gasteiger partial charge is 0.419 e. The molecule has 100 valence electrons. The van der Waals surface area contributed by atoms with Gasteiger partial charge in [0, 0.05) is 0 Å². The number of aromatic amines is 1. The van der Waals surface area contributed by atoms with Gasteiger partial charge in [-0.2, -0.15) is 0 Å². The first kappa shape index (κ1) is 12.2. The summed E-state index contributed by atoms with van der Waals surface area (Å²) in [6.45, 7) is 0.349. The summed E-state index contributed by atoms with van der Waals surface area (Å²) >= 11 is 0. The Morgan fingerprint density at radius 3 is 2.60 bits per heavy atom. The van der Waals surface area contributed by atoms with Crippen molar-refractivity contribution in [1.82, 2.24) is 4.98 Å². The third-order valence-electron chi connectivity index (χ3n) is 2.90. The van der Waals surface area contributed by atoms with E-state index in [-0.39, 0.29) is 5.39 Å². The molecule has 2 aromatic carbocycles. The molecular formula is C15H11NO4. The van der Waals surface area contributed by atoms with Gasteiger partial charge in [-0.15, -0.1) is 0 Å². The van der Waals surface area contributed by atoms with Crippen molar-refractivity contribution in [3.05, 3.63) is 75.1 Å². The minimum atomic E-state index is -0.793. The van der Waals surface area contributed by atoms with Gasteiger partial charge in [-0.05, 0) is 17.7 Å². The van der Waals surface area contributed by atoms with Crippen LogP contribution >= 0.6 is 0 Å². The van der Waals surface area contributed by atoms with E-state index in [0.29, 0.717) is 17.9 Å². The van der Waals surface area contributed by atoms with Crippen molar-refractivity contribution in [2.45, 2.75) is 6.61 Å². The molecule has 0 aliphatic carbocycles. The molecule has 0 spiro atoms. The molecule has 0 radical (unpaired) electrons. The van der Waals surface area contributed by atoms with E-state index in [0.717, 1.165) is 5.56 Å². The number of rotatable bonds is 3. The predicted molar refractivity (Wildman–Crippen MR) is 73.9 cm³/mol. The zero-order valence-corrected chi connectivity index (χ0v) is 10.5. The molecule has 0 amide bonds. The molecule has 0 bridgehead atoms. The van der Waals surface area contributed by atoms with Crippen LogP contribution < -0.4 is 16.1 Å². The van der Waals surface area contributed by atoms with Crippen LogP contribution in [0.1, 0.15) is 5.56 Å². The molecule has 0 saturated carbocycles. The van der Waals surface area contributed by atoms with Crippen molar-refractivity contribution >= 4 is 10.9 Å². The van der Waals surface area contributed by atoms with Gasteiger partial charge in [0.05, 0.1) is 5.39 Å². The quantitative estimate of drug-likeness (QED) is 0.790. The molecule has 0 saturated heterocycles. The van der Waals surface area contributed by atoms with Crippen LogP contribution in [0.15, 0.2) is 62.5 Å². The molecule has 5 heteroatoms. The summed E-state index contributed by atoms with van der Waals surface area (Å²) in [6, 6.07) is 14.6. The SMILES string of the molecule is O=c1[nH]c2c(OCc3ccccc3)cccc2c(=O)o1. The van der Waals surface area contributed by atoms with Crippen molar-refractivity contribution in [2.75, 3.05) is 0 Å². The molecule has 5 nitrogen and oxygen atoms in total. The molecule has 0 atom stereocenters. The van der Waals surface area contributed by atoms with Gasteiger partial charge in [0.2, 0.25) is 0 Å². The summed E-state index contributed by atoms with van der Waals surface area (Å²) < 4.78 is 10.2. The highest BCUT2D eigenvalue weighted by Crippen LogP contribution is 2.21. The lowest BCUT2D eigenvalue weighted by atomic mass is 10.2. The van der Waals surface area contributed by atoms with Crippen LogP contribution in [0.4, 0.5) is 0 Å². The highest BCUT2D eigenvalue weighted by molar-refractivity contribution is 5.82. The van der Waals surface area contributed by atoms with E-state index in [9.17, 15) is 9.59 Å². The molecule has 0 fully saturated rings. The second-order valence-electron chi connectivity index (χ2n) is 4.25. The van der Waals surface area contributed by atoms with Crippen LogP contribution in [-0.4, -0.2) is 4.98 Å². The number of para-hydroxylation sites is 1. The Hall–Kier alpha value is -2.82. The van der Waals surface area contributed by atoms with Gasteiger partial charge in [0.1, 0.15) is 17.9 Å². The Kier molecular flexibility index (Phi) is 3.09. The number of hydrogen-bond acceptors (Lipinski definition) is 4. The normalized spacial score (nSPS) is 10.6. The molecule has 1 aromatic heterocycles. The molecule has 0 unspecified atom stereocenters. The number of H-pyrrole nitrogens is 1. The highest BCUT2D eigenvalue weighted by atomic mass is 16.5. The van der Waals surface area contributed by atoms with E-state index < -0.39 is 11.4 Å². The number of aromatic nitrogens is 1. The Morgan fingerprint density at radius 2 is 1.80 bits per heavy atom. The summed E-state index contributed by atoms with van der Waals surface area (Å²) in [5.74, 6) is -0.352. The molecule has 0 aliphatic rings. The second-order valence-corrected chi connectivity index (χ2v) is 4.25. The minimum Gasteiger partial charge on any atom is -0.487 e. The topological polar surface area (TPSA) is 72.3 Å². The second kappa shape index (κ2) is 5.05. The van der Waals surface area contributed by atoms with Gasteiger partial charge in [0.15, 0.2) is 0 Å². The van der Waals surface area contributed by atoms with Crippen LogP contribution in [0, 0.1) is 0 Å². The van der Waals surface area contributed by atoms with Crippen molar-refractivity contribution < 1.29 is 9.15 Å². The van der Waals surface area contributed by atoms with E-state index in [4.69, 9.17) is 4.74 Å². The third-order valence-corrected chi connectivity index (χ3v) is 2.90. The Balaban J connectivity index is 2.00. The predicted octanol–water partition coefficient (Wildman–Crippen LogP) is 2.06. The number of benzene rings is 2. The Morgan fingerprint density at radius 1 is 1.00 bits per heavy atom. The maximum absolute atomic E-state index is 11.6. The lowest BCUT2D eigenvalue weighted by Gasteiger charge is -2.08. The molecule has 1 N–H and O–H groups in total. The van der Waals surface area contributed by atoms with Crippen LogP contribution in [0.25, 0.3) is 10.9 Å². The van der Waals surface area contributed by atoms with E-state index in [1.807, 2.05) is 30.3 Å². The van der Waals surface area contributed by atoms with E-state index in [1.165, 1.54) is 0 Å². The molecule has 0 aliphatic heterocycles. The number of ether oxygens (including phenoxy) is 1. The Labute approximate surface area is 113 Å². The number of fused-ring (bicyclic) bond motifs is 1. The van der Waals surface area contributed by atoms with E-state index >= 15 is 0 Å². The standard InChI is InChI=1S/C15H11NO4/c17-14-11-7-4-8-12(13(11)16-15(18)20-14)19-9-10-5-2-1-3-6-10/h1-8H,9H2,(H,16,18). The first-order valence-electron chi connectivity index (χ1n) is 6.07. The fourth-order valence-electron chi connectivity index (χ4n) is 1.95. The van der Waals surface area contributed by atoms with Gasteiger partial charge in [-0.1, -0.05) is 36.4 Å². The van der Waals surface area contributed by atoms with Crippen molar-refractivity contribution in [3.8, 4) is 5.75 Å². The summed E-state index contributed by atoms with van der Waals surface area (Å²) in [5.41, 5.74) is 0.674. The number of hydrogen-bond donors (Lipinski definition) is 1. The lowest BCUT2D eigenvalue weighted by Crippen LogP contribution is -2.15. The maximum atomic E-state index is 11.6. The van der Waals surface area contributed by atoms with Gasteiger partial charge >= 0.3 is 11.4 Å². The monoisotopic (exact) mass is 269 g/mol. The van der Waals surface area contributed by atoms with Crippen molar-refractivity contribution in [3.63, 3.8) is 0 Å². The first-order chi connectivity index (χ1) is 9.74. The molecule has 3 aromatic rings. The summed E-state index contributed by atoms with van der Waals surface area (Å²) in [6.07, 6.45) is 0. The van der Waals surface area contributed by atoms with Gasteiger partial charge in [0.25, 0.3) is 0 Å². The summed E-state index contributed by atoms with van der Waals surface area (Å²) in [5, 5.41) is 0.287. The molecule has 20 heavy (non-hydrogen) atoms. The summed E-state index contributed by atoms with van der Waals surface area (Å²) in [4.78, 5) is 25.3. The zero-order valence-electron chi connectivity index (χ0n) is 10.5. The average Bonchev–Trinajstić information content (AvgIpc) is 2.46. The largest absolute Gasteiger partial charge is 0.487 e. The molecular weight excluding hydrogens is 258 g/mol. The lowest BCUT2D eigenvalue weighted by molar-refractivity contribution is 0.308. The van der Waals surface area contributed by atoms with E-state index in [1.54, 1.807) is 18.2 Å². The third kappa shape index (κ3) is 2.33. The van der Waals surface area contributed by atoms with Crippen LogP contribution in [-0.2, 0) is 6.61 Å². The van der Waals surface area contributed by atoms with Gasteiger partial charge in [-0.25, -0.2) is 9.59 Å². The fourth-order valence-corrected chi connectivity index (χ4v) is 1.95. The zero-order chi connectivity index (χ0) is 13.9. The molecule has 1 heterocycles. The summed E-state index contributed by atoms with van der Waals surface area (Å²) in [7, 11) is 0. The van der Waals surface area contributed by atoms with Crippen molar-refractivity contribution in [2.24, 2.45) is 0 Å². The fraction of sp³-hybridized carbons (Fsp3) is 0.0667. The van der Waals surface area contributed by atoms with Crippen LogP contribution in [0.5, 0.6) is 5.75 Å². The van der Waals surface area contributed by atoms with Crippen LogP contribution in [0.3, 0.4) is 0 Å². The molecule has 3 rings (SSSR count). The van der Waals surface area contributed by atoms with E-state index in [2.05, 4.69) is 9.40 Å². The van der Waals surface area contributed by atoms with Gasteiger partial charge < -0.3 is 9.15 Å². The maximum Gasteiger partial charge on any atom is 0.419 e. The van der Waals surface area contributed by atoms with Crippen molar-refractivity contribution in [1.29, 1.82) is 0 Å². The number of nitrogens with one attached hydrogen (secondary N) is 1. The van der Waals surface area contributed by atoms with Gasteiger partial charge in [-0.3, -0.25) is 4.98 Å². The minimum absolute atomic E-state index is 0.287.